The maximum atomic E-state index is 5.55. The van der Waals surface area contributed by atoms with Crippen molar-refractivity contribution in [2.24, 2.45) is 0 Å². The average Bonchev–Trinajstić information content (AvgIpc) is 2.39. The van der Waals surface area contributed by atoms with E-state index in [9.17, 15) is 0 Å². The van der Waals surface area contributed by atoms with E-state index >= 15 is 0 Å². The van der Waals surface area contributed by atoms with Crippen LogP contribution in [-0.4, -0.2) is 23.3 Å². The minimum Gasteiger partial charge on any atom is -0.298 e. The van der Waals surface area contributed by atoms with Crippen LogP contribution in [0, 0.1) is 0 Å². The lowest BCUT2D eigenvalue weighted by Crippen LogP contribution is -2.10. The van der Waals surface area contributed by atoms with Crippen molar-refractivity contribution in [2.45, 2.75) is 52.1 Å². The third-order valence-corrected chi connectivity index (χ3v) is 2.60. The van der Waals surface area contributed by atoms with Gasteiger partial charge in [0.2, 0.25) is 0 Å². The summed E-state index contributed by atoms with van der Waals surface area (Å²) in [5.41, 5.74) is 0.285. The second kappa shape index (κ2) is 3.11. The molecule has 0 aromatic heterocycles. The van der Waals surface area contributed by atoms with Crippen molar-refractivity contribution in [2.75, 3.05) is 6.61 Å². The summed E-state index contributed by atoms with van der Waals surface area (Å²) in [6.45, 7) is 9.68. The van der Waals surface area contributed by atoms with Crippen LogP contribution in [0.4, 0.5) is 0 Å². The molecule has 2 atom stereocenters. The van der Waals surface area contributed by atoms with Gasteiger partial charge >= 0.3 is 0 Å². The molecule has 0 spiro atoms. The Morgan fingerprint density at radius 3 is 2.36 bits per heavy atom. The lowest BCUT2D eigenvalue weighted by Gasteiger charge is -2.05. The zero-order valence-electron chi connectivity index (χ0n) is 8.05. The molecule has 2 nitrogen and oxygen atoms in total. The first-order chi connectivity index (χ1) is 5.10. The van der Waals surface area contributed by atoms with E-state index in [1.165, 1.54) is 12.8 Å². The summed E-state index contributed by atoms with van der Waals surface area (Å²) < 4.78 is 0. The Morgan fingerprint density at radius 1 is 1.45 bits per heavy atom. The molecule has 2 unspecified atom stereocenters. The van der Waals surface area contributed by atoms with E-state index < -0.39 is 0 Å². The summed E-state index contributed by atoms with van der Waals surface area (Å²) in [5, 5.41) is 2.09. The SMILES string of the molecule is CCCCON1C(C)C1(C)C. The normalized spacial score (nSPS) is 33.8. The number of rotatable bonds is 4. The first-order valence-corrected chi connectivity index (χ1v) is 4.53. The first kappa shape index (κ1) is 9.01. The average molecular weight is 157 g/mol. The highest BCUT2D eigenvalue weighted by molar-refractivity contribution is 5.03. The molecule has 1 aliphatic rings. The van der Waals surface area contributed by atoms with Crippen LogP contribution in [0.5, 0.6) is 0 Å². The van der Waals surface area contributed by atoms with Crippen LogP contribution in [0.2, 0.25) is 0 Å². The van der Waals surface area contributed by atoms with Crippen molar-refractivity contribution in [1.82, 2.24) is 5.06 Å². The zero-order valence-corrected chi connectivity index (χ0v) is 8.05. The second-order valence-corrected chi connectivity index (χ2v) is 3.84. The fourth-order valence-electron chi connectivity index (χ4n) is 1.23. The molecule has 0 bridgehead atoms. The monoisotopic (exact) mass is 157 g/mol. The molecular weight excluding hydrogens is 138 g/mol. The second-order valence-electron chi connectivity index (χ2n) is 3.84. The van der Waals surface area contributed by atoms with Crippen LogP contribution in [0.15, 0.2) is 0 Å². The lowest BCUT2D eigenvalue weighted by atomic mass is 10.2. The van der Waals surface area contributed by atoms with Crippen molar-refractivity contribution >= 4 is 0 Å². The zero-order chi connectivity index (χ0) is 8.48. The molecule has 0 aromatic carbocycles. The fraction of sp³-hybridized carbons (Fsp3) is 1.00. The van der Waals surface area contributed by atoms with E-state index in [2.05, 4.69) is 32.8 Å². The Hall–Kier alpha value is -0.0800. The maximum absolute atomic E-state index is 5.55. The van der Waals surface area contributed by atoms with E-state index in [0.29, 0.717) is 6.04 Å². The van der Waals surface area contributed by atoms with Gasteiger partial charge in [-0.15, -0.1) is 0 Å². The minimum atomic E-state index is 0.285. The molecule has 11 heavy (non-hydrogen) atoms. The van der Waals surface area contributed by atoms with E-state index in [-0.39, 0.29) is 5.54 Å². The smallest absolute Gasteiger partial charge is 0.0685 e. The summed E-state index contributed by atoms with van der Waals surface area (Å²) >= 11 is 0. The molecule has 2 heteroatoms. The molecule has 66 valence electrons. The predicted molar refractivity (Wildman–Crippen MR) is 46.2 cm³/mol. The number of hydrogen-bond donors (Lipinski definition) is 0. The van der Waals surface area contributed by atoms with Gasteiger partial charge in [-0.3, -0.25) is 4.84 Å². The van der Waals surface area contributed by atoms with Gasteiger partial charge in [-0.1, -0.05) is 13.3 Å². The van der Waals surface area contributed by atoms with Crippen molar-refractivity contribution in [3.05, 3.63) is 0 Å². The van der Waals surface area contributed by atoms with Crippen molar-refractivity contribution < 1.29 is 4.84 Å². The molecule has 1 saturated heterocycles. The predicted octanol–water partition coefficient (Wildman–Crippen LogP) is 2.20. The number of hydroxylamine groups is 2. The van der Waals surface area contributed by atoms with E-state index in [0.717, 1.165) is 6.61 Å². The number of nitrogens with zero attached hydrogens (tertiary/aromatic N) is 1. The summed E-state index contributed by atoms with van der Waals surface area (Å²) in [4.78, 5) is 5.55. The molecule has 0 aliphatic carbocycles. The summed E-state index contributed by atoms with van der Waals surface area (Å²) in [6, 6.07) is 0.597. The van der Waals surface area contributed by atoms with Gasteiger partial charge in [0.05, 0.1) is 18.2 Å². The van der Waals surface area contributed by atoms with Crippen LogP contribution in [0.25, 0.3) is 0 Å². The highest BCUT2D eigenvalue weighted by atomic mass is 16.7. The molecule has 0 radical (unpaired) electrons. The van der Waals surface area contributed by atoms with Gasteiger partial charge < -0.3 is 0 Å². The molecule has 0 saturated carbocycles. The van der Waals surface area contributed by atoms with E-state index in [1.54, 1.807) is 0 Å². The molecule has 1 heterocycles. The van der Waals surface area contributed by atoms with Crippen LogP contribution < -0.4 is 0 Å². The van der Waals surface area contributed by atoms with Crippen molar-refractivity contribution in [3.63, 3.8) is 0 Å². The third-order valence-electron chi connectivity index (χ3n) is 2.60. The van der Waals surface area contributed by atoms with Gasteiger partial charge in [0.25, 0.3) is 0 Å². The number of unbranched alkanes of at least 4 members (excludes halogenated alkanes) is 1. The fourth-order valence-corrected chi connectivity index (χ4v) is 1.23. The van der Waals surface area contributed by atoms with Gasteiger partial charge in [0.1, 0.15) is 0 Å². The molecule has 0 amide bonds. The summed E-state index contributed by atoms with van der Waals surface area (Å²) in [7, 11) is 0. The molecule has 1 fully saturated rings. The quantitative estimate of drug-likeness (QED) is 0.458. The highest BCUT2D eigenvalue weighted by Gasteiger charge is 2.53. The Morgan fingerprint density at radius 2 is 2.00 bits per heavy atom. The van der Waals surface area contributed by atoms with Crippen molar-refractivity contribution in [1.29, 1.82) is 0 Å². The Bertz CT molecular complexity index is 134. The molecular formula is C9H19NO. The van der Waals surface area contributed by atoms with Gasteiger partial charge in [0, 0.05) is 0 Å². The van der Waals surface area contributed by atoms with Crippen LogP contribution in [-0.2, 0) is 4.84 Å². The van der Waals surface area contributed by atoms with Gasteiger partial charge in [0.15, 0.2) is 0 Å². The largest absolute Gasteiger partial charge is 0.298 e. The van der Waals surface area contributed by atoms with Crippen LogP contribution in [0.1, 0.15) is 40.5 Å². The van der Waals surface area contributed by atoms with Crippen LogP contribution >= 0.6 is 0 Å². The first-order valence-electron chi connectivity index (χ1n) is 4.53. The summed E-state index contributed by atoms with van der Waals surface area (Å²) in [5.74, 6) is 0. The lowest BCUT2D eigenvalue weighted by molar-refractivity contribution is -0.0951. The number of hydrogen-bond acceptors (Lipinski definition) is 2. The maximum Gasteiger partial charge on any atom is 0.0685 e. The Labute approximate surface area is 69.5 Å². The molecule has 1 aliphatic heterocycles. The van der Waals surface area contributed by atoms with Gasteiger partial charge in [-0.2, -0.15) is 5.06 Å². The molecule has 0 N–H and O–H groups in total. The van der Waals surface area contributed by atoms with Crippen molar-refractivity contribution in [3.8, 4) is 0 Å². The van der Waals surface area contributed by atoms with E-state index in [1.807, 2.05) is 0 Å². The van der Waals surface area contributed by atoms with Crippen LogP contribution in [0.3, 0.4) is 0 Å². The minimum absolute atomic E-state index is 0.285. The Balaban J connectivity index is 2.11. The van der Waals surface area contributed by atoms with Gasteiger partial charge in [-0.05, 0) is 27.2 Å². The van der Waals surface area contributed by atoms with E-state index in [4.69, 9.17) is 4.84 Å². The highest BCUT2D eigenvalue weighted by Crippen LogP contribution is 2.39. The summed E-state index contributed by atoms with van der Waals surface area (Å²) in [6.07, 6.45) is 2.38. The third kappa shape index (κ3) is 1.74. The molecule has 0 aromatic rings. The topological polar surface area (TPSA) is 12.2 Å². The Kier molecular flexibility index (Phi) is 2.55. The standard InChI is InChI=1S/C9H19NO/c1-5-6-7-11-10-8(2)9(10,3)4/h8H,5-7H2,1-4H3. The molecule has 1 rings (SSSR count). The van der Waals surface area contributed by atoms with Gasteiger partial charge in [-0.25, -0.2) is 0 Å².